The van der Waals surface area contributed by atoms with Crippen molar-refractivity contribution in [1.29, 1.82) is 0 Å². The molecule has 3 aliphatic heterocycles. The summed E-state index contributed by atoms with van der Waals surface area (Å²) < 4.78 is 13.6. The van der Waals surface area contributed by atoms with E-state index in [1.54, 1.807) is 6.20 Å². The number of allylic oxidation sites excluding steroid dienone is 1. The Bertz CT molecular complexity index is 1140. The van der Waals surface area contributed by atoms with Gasteiger partial charge in [-0.25, -0.2) is 9.79 Å². The van der Waals surface area contributed by atoms with Crippen molar-refractivity contribution < 1.29 is 14.3 Å². The predicted octanol–water partition coefficient (Wildman–Crippen LogP) is 2.86. The minimum Gasteiger partial charge on any atom is -0.488 e. The maximum Gasteiger partial charge on any atom is 0.410 e. The highest BCUT2D eigenvalue weighted by Crippen LogP contribution is 2.44. The zero-order valence-corrected chi connectivity index (χ0v) is 19.9. The Hall–Kier alpha value is -3.43. The van der Waals surface area contributed by atoms with Gasteiger partial charge in [-0.3, -0.25) is 4.68 Å². The fourth-order valence-electron chi connectivity index (χ4n) is 4.92. The molecule has 34 heavy (non-hydrogen) atoms. The van der Waals surface area contributed by atoms with Crippen molar-refractivity contribution in [2.24, 2.45) is 10.7 Å². The normalized spacial score (nSPS) is 24.1. The zero-order chi connectivity index (χ0) is 23.9. The van der Waals surface area contributed by atoms with Crippen molar-refractivity contribution >= 4 is 12.3 Å². The van der Waals surface area contributed by atoms with E-state index in [1.807, 2.05) is 44.0 Å². The van der Waals surface area contributed by atoms with Crippen molar-refractivity contribution in [2.75, 3.05) is 13.1 Å². The van der Waals surface area contributed by atoms with Gasteiger partial charge in [0, 0.05) is 55.5 Å². The molecule has 5 rings (SSSR count). The number of likely N-dealkylation sites (tertiary alicyclic amines) is 1. The Labute approximate surface area is 198 Å². The fraction of sp³-hybridized carbons (Fsp3) is 0.542. The van der Waals surface area contributed by atoms with Gasteiger partial charge in [-0.15, -0.1) is 0 Å². The van der Waals surface area contributed by atoms with Crippen molar-refractivity contribution in [1.82, 2.24) is 24.9 Å². The quantitative estimate of drug-likeness (QED) is 0.737. The van der Waals surface area contributed by atoms with Crippen LogP contribution in [-0.4, -0.2) is 55.9 Å². The van der Waals surface area contributed by atoms with Gasteiger partial charge in [-0.05, 0) is 51.8 Å². The summed E-state index contributed by atoms with van der Waals surface area (Å²) in [6.45, 7) is 8.17. The van der Waals surface area contributed by atoms with Crippen LogP contribution < -0.4 is 5.73 Å². The molecule has 1 amide bonds. The molecule has 5 heterocycles. The van der Waals surface area contributed by atoms with E-state index in [4.69, 9.17) is 20.3 Å². The fourth-order valence-corrected chi connectivity index (χ4v) is 4.92. The van der Waals surface area contributed by atoms with Gasteiger partial charge >= 0.3 is 6.09 Å². The molecule has 0 radical (unpaired) electrons. The molecule has 10 heteroatoms. The number of hydrogen-bond acceptors (Lipinski definition) is 8. The van der Waals surface area contributed by atoms with Crippen LogP contribution in [0.2, 0.25) is 0 Å². The number of carbonyl (C=O) groups excluding carboxylic acids is 1. The second kappa shape index (κ2) is 8.41. The van der Waals surface area contributed by atoms with Crippen LogP contribution >= 0.6 is 0 Å². The molecule has 0 aliphatic carbocycles. The average molecular weight is 466 g/mol. The van der Waals surface area contributed by atoms with Crippen molar-refractivity contribution in [3.05, 3.63) is 53.1 Å². The number of hydrogen-bond donors (Lipinski definition) is 1. The van der Waals surface area contributed by atoms with E-state index in [2.05, 4.69) is 25.9 Å². The van der Waals surface area contributed by atoms with Crippen molar-refractivity contribution in [3.63, 3.8) is 0 Å². The van der Waals surface area contributed by atoms with Gasteiger partial charge in [0.05, 0.1) is 5.69 Å². The zero-order valence-electron chi connectivity index (χ0n) is 19.9. The summed E-state index contributed by atoms with van der Waals surface area (Å²) in [5.74, 6) is 0.993. The van der Waals surface area contributed by atoms with Gasteiger partial charge in [-0.2, -0.15) is 15.3 Å². The van der Waals surface area contributed by atoms with Crippen molar-refractivity contribution in [3.8, 4) is 0 Å². The Morgan fingerprint density at radius 2 is 2.12 bits per heavy atom. The van der Waals surface area contributed by atoms with E-state index in [-0.39, 0.29) is 24.0 Å². The van der Waals surface area contributed by atoms with Crippen LogP contribution in [0.25, 0.3) is 0 Å². The number of carbonyl (C=O) groups is 1. The molecule has 1 fully saturated rings. The number of aryl methyl sites for hydroxylation is 1. The molecule has 2 aromatic rings. The molecule has 0 aromatic carbocycles. The molecule has 0 saturated carbocycles. The minimum atomic E-state index is -0.500. The first-order chi connectivity index (χ1) is 16.2. The standard InChI is InChI=1S/C24H31N7O3/c1-23(2,3)34-22(32)30-9-6-24(15-30)7-10-31-20(24)12-18(29-31)16-11-19(21(25)26-13-16)33-14-17-5-4-8-27-28-17/h4-5,8,12-13,16H,6-7,9-11,14-15,25H2,1-3H3/t16?,24-/m0/s1. The first-order valence-corrected chi connectivity index (χ1v) is 11.7. The molecule has 0 bridgehead atoms. The lowest BCUT2D eigenvalue weighted by Gasteiger charge is -2.26. The summed E-state index contributed by atoms with van der Waals surface area (Å²) in [5, 5.41) is 12.8. The highest BCUT2D eigenvalue weighted by molar-refractivity contribution is 5.71. The molecule has 1 saturated heterocycles. The Morgan fingerprint density at radius 3 is 2.88 bits per heavy atom. The highest BCUT2D eigenvalue weighted by Gasteiger charge is 2.48. The van der Waals surface area contributed by atoms with Gasteiger partial charge in [0.2, 0.25) is 0 Å². The van der Waals surface area contributed by atoms with Gasteiger partial charge in [0.15, 0.2) is 5.82 Å². The molecule has 2 atom stereocenters. The molecule has 10 nitrogen and oxygen atoms in total. The van der Waals surface area contributed by atoms with Gasteiger partial charge in [0.25, 0.3) is 0 Å². The number of amides is 1. The Balaban J connectivity index is 1.28. The SMILES string of the molecule is CC(C)(C)OC(=O)N1CC[C@]2(CCn3nc(C4C=NC(N)=C(OCc5cccnn5)C4)cc32)C1. The maximum absolute atomic E-state index is 12.6. The molecule has 180 valence electrons. The highest BCUT2D eigenvalue weighted by atomic mass is 16.6. The Morgan fingerprint density at radius 1 is 1.29 bits per heavy atom. The van der Waals surface area contributed by atoms with E-state index in [9.17, 15) is 4.79 Å². The summed E-state index contributed by atoms with van der Waals surface area (Å²) in [6, 6.07) is 5.85. The second-order valence-corrected chi connectivity index (χ2v) is 10.3. The van der Waals surface area contributed by atoms with Crippen LogP contribution in [0.4, 0.5) is 4.79 Å². The largest absolute Gasteiger partial charge is 0.488 e. The lowest BCUT2D eigenvalue weighted by molar-refractivity contribution is 0.0284. The molecule has 1 spiro atoms. The van der Waals surface area contributed by atoms with Crippen LogP contribution in [0, 0.1) is 0 Å². The minimum absolute atomic E-state index is 0.0253. The second-order valence-electron chi connectivity index (χ2n) is 10.3. The summed E-state index contributed by atoms with van der Waals surface area (Å²) in [7, 11) is 0. The molecule has 1 unspecified atom stereocenters. The number of nitrogens with zero attached hydrogens (tertiary/aromatic N) is 6. The molecular formula is C24H31N7O3. The first-order valence-electron chi connectivity index (χ1n) is 11.7. The first kappa shape index (κ1) is 22.4. The average Bonchev–Trinajstić information content (AvgIpc) is 3.50. The third kappa shape index (κ3) is 4.36. The Kier molecular flexibility index (Phi) is 5.53. The molecule has 3 aliphatic rings. The van der Waals surface area contributed by atoms with Crippen LogP contribution in [0.1, 0.15) is 63.0 Å². The number of nitrogens with two attached hydrogens (primary N) is 1. The van der Waals surface area contributed by atoms with E-state index >= 15 is 0 Å². The topological polar surface area (TPSA) is 121 Å². The smallest absolute Gasteiger partial charge is 0.410 e. The predicted molar refractivity (Wildman–Crippen MR) is 125 cm³/mol. The third-order valence-corrected chi connectivity index (χ3v) is 6.64. The summed E-state index contributed by atoms with van der Waals surface area (Å²) in [4.78, 5) is 18.8. The van der Waals surface area contributed by atoms with Crippen LogP contribution in [0.3, 0.4) is 0 Å². The number of fused-ring (bicyclic) bond motifs is 2. The number of aromatic nitrogens is 4. The van der Waals surface area contributed by atoms with E-state index in [1.165, 1.54) is 5.69 Å². The van der Waals surface area contributed by atoms with E-state index in [0.29, 0.717) is 31.1 Å². The van der Waals surface area contributed by atoms with Crippen LogP contribution in [0.5, 0.6) is 0 Å². The summed E-state index contributed by atoms with van der Waals surface area (Å²) in [5.41, 5.74) is 8.37. The summed E-state index contributed by atoms with van der Waals surface area (Å²) in [6.07, 6.45) is 5.70. The lowest BCUT2D eigenvalue weighted by Crippen LogP contribution is -2.37. The van der Waals surface area contributed by atoms with E-state index in [0.717, 1.165) is 30.8 Å². The van der Waals surface area contributed by atoms with Crippen LogP contribution in [0.15, 0.2) is 41.0 Å². The molecule has 2 N–H and O–H groups in total. The number of aliphatic imine (C=N–C) groups is 1. The molecule has 2 aromatic heterocycles. The van der Waals surface area contributed by atoms with Crippen LogP contribution in [-0.2, 0) is 28.0 Å². The van der Waals surface area contributed by atoms with Gasteiger partial charge in [-0.1, -0.05) is 0 Å². The molecular weight excluding hydrogens is 434 g/mol. The monoisotopic (exact) mass is 465 g/mol. The number of ether oxygens (including phenoxy) is 2. The maximum atomic E-state index is 12.6. The van der Waals surface area contributed by atoms with Crippen molar-refractivity contribution in [2.45, 2.75) is 70.1 Å². The lowest BCUT2D eigenvalue weighted by atomic mass is 9.82. The van der Waals surface area contributed by atoms with Gasteiger partial charge < -0.3 is 20.1 Å². The summed E-state index contributed by atoms with van der Waals surface area (Å²) >= 11 is 0. The van der Waals surface area contributed by atoms with E-state index < -0.39 is 5.60 Å². The van der Waals surface area contributed by atoms with Gasteiger partial charge in [0.1, 0.15) is 23.7 Å². The number of rotatable bonds is 4. The third-order valence-electron chi connectivity index (χ3n) is 6.64.